The third-order valence-electron chi connectivity index (χ3n) is 5.13. The number of methoxy groups -OCH3 is 1. The van der Waals surface area contributed by atoms with Crippen molar-refractivity contribution in [3.8, 4) is 5.75 Å². The van der Waals surface area contributed by atoms with Gasteiger partial charge in [0.2, 0.25) is 0 Å². The van der Waals surface area contributed by atoms with Crippen LogP contribution in [0.1, 0.15) is 11.1 Å². The predicted molar refractivity (Wildman–Crippen MR) is 115 cm³/mol. The molecule has 0 aromatic heterocycles. The van der Waals surface area contributed by atoms with Crippen molar-refractivity contribution in [1.82, 2.24) is 4.90 Å². The van der Waals surface area contributed by atoms with Crippen LogP contribution < -0.4 is 4.74 Å². The summed E-state index contributed by atoms with van der Waals surface area (Å²) < 4.78 is 29.6. The number of hydrogen-bond donors (Lipinski definition) is 0. The molecule has 0 saturated carbocycles. The molecule has 8 heteroatoms. The topological polar surface area (TPSA) is 76.0 Å². The summed E-state index contributed by atoms with van der Waals surface area (Å²) in [6.45, 7) is 0.533. The lowest BCUT2D eigenvalue weighted by atomic mass is 10.1. The average molecular weight is 431 g/mol. The Hall–Kier alpha value is -2.32. The first-order valence-corrected chi connectivity index (χ1v) is 12.1. The lowest BCUT2D eigenvalue weighted by Crippen LogP contribution is -2.37. The molecule has 0 N–H and O–H groups in total. The molecule has 0 radical (unpaired) electrons. The van der Waals surface area contributed by atoms with E-state index >= 15 is 0 Å². The Bertz CT molecular complexity index is 1040. The largest absolute Gasteiger partial charge is 0.496 e. The van der Waals surface area contributed by atoms with Gasteiger partial charge in [-0.3, -0.25) is 4.79 Å². The number of para-hydroxylation sites is 1. The summed E-state index contributed by atoms with van der Waals surface area (Å²) in [7, 11) is -1.48. The number of amidine groups is 1. The van der Waals surface area contributed by atoms with Gasteiger partial charge in [-0.25, -0.2) is 8.42 Å². The van der Waals surface area contributed by atoms with Gasteiger partial charge in [0.05, 0.1) is 31.1 Å². The molecule has 1 amide bonds. The van der Waals surface area contributed by atoms with E-state index in [0.717, 1.165) is 11.1 Å². The standard InChI is InChI=1S/C21H22N2O4S2/c1-27-18-10-6-5-9-16(18)11-20(24)22-21-23(12-15-7-3-2-4-8-15)17-13-29(25,26)14-19(17)28-21/h2-10,17,19H,11-14H2,1H3/t17-,19-/m1/s1. The minimum atomic E-state index is -3.06. The highest BCUT2D eigenvalue weighted by Crippen LogP contribution is 2.39. The number of thioether (sulfide) groups is 1. The molecule has 0 aliphatic carbocycles. The molecular formula is C21H22N2O4S2. The number of fused-ring (bicyclic) bond motifs is 1. The number of carbonyl (C=O) groups excluding carboxylic acids is 1. The highest BCUT2D eigenvalue weighted by atomic mass is 32.2. The van der Waals surface area contributed by atoms with E-state index in [4.69, 9.17) is 4.74 Å². The van der Waals surface area contributed by atoms with Crippen LogP contribution in [0.2, 0.25) is 0 Å². The van der Waals surface area contributed by atoms with E-state index < -0.39 is 9.84 Å². The molecule has 2 atom stereocenters. The van der Waals surface area contributed by atoms with Crippen molar-refractivity contribution < 1.29 is 17.9 Å². The lowest BCUT2D eigenvalue weighted by molar-refractivity contribution is -0.117. The molecule has 2 aromatic rings. The number of benzene rings is 2. The summed E-state index contributed by atoms with van der Waals surface area (Å²) in [5.74, 6) is 0.631. The van der Waals surface area contributed by atoms with Crippen LogP contribution in [-0.2, 0) is 27.6 Å². The predicted octanol–water partition coefficient (Wildman–Crippen LogP) is 2.53. The number of hydrogen-bond acceptors (Lipinski definition) is 5. The average Bonchev–Trinajstić information content (AvgIpc) is 3.15. The number of aliphatic imine (C=N–C) groups is 1. The Morgan fingerprint density at radius 1 is 1.14 bits per heavy atom. The molecule has 6 nitrogen and oxygen atoms in total. The molecule has 29 heavy (non-hydrogen) atoms. The minimum absolute atomic E-state index is 0.0819. The number of amides is 1. The van der Waals surface area contributed by atoms with Crippen molar-refractivity contribution in [3.63, 3.8) is 0 Å². The van der Waals surface area contributed by atoms with Gasteiger partial charge in [-0.15, -0.1) is 0 Å². The summed E-state index contributed by atoms with van der Waals surface area (Å²) in [4.78, 5) is 19.0. The van der Waals surface area contributed by atoms with E-state index in [2.05, 4.69) is 4.99 Å². The van der Waals surface area contributed by atoms with Gasteiger partial charge < -0.3 is 9.64 Å². The minimum Gasteiger partial charge on any atom is -0.496 e. The Morgan fingerprint density at radius 2 is 1.86 bits per heavy atom. The number of sulfone groups is 1. The van der Waals surface area contributed by atoms with Crippen LogP contribution in [0.3, 0.4) is 0 Å². The van der Waals surface area contributed by atoms with Crippen LogP contribution in [-0.4, -0.2) is 54.3 Å². The van der Waals surface area contributed by atoms with Crippen LogP contribution in [0.15, 0.2) is 59.6 Å². The zero-order chi connectivity index (χ0) is 20.4. The third kappa shape index (κ3) is 4.48. The number of carbonyl (C=O) groups is 1. The molecule has 2 saturated heterocycles. The molecule has 0 unspecified atom stereocenters. The van der Waals surface area contributed by atoms with Gasteiger partial charge in [0.25, 0.3) is 5.91 Å². The van der Waals surface area contributed by atoms with E-state index in [9.17, 15) is 13.2 Å². The molecule has 0 bridgehead atoms. The van der Waals surface area contributed by atoms with Crippen LogP contribution in [0.5, 0.6) is 5.75 Å². The van der Waals surface area contributed by atoms with Crippen LogP contribution >= 0.6 is 11.8 Å². The molecule has 2 fully saturated rings. The van der Waals surface area contributed by atoms with E-state index in [1.165, 1.54) is 11.8 Å². The molecule has 2 aliphatic rings. The maximum Gasteiger partial charge on any atom is 0.252 e. The Kier molecular flexibility index (Phi) is 5.65. The van der Waals surface area contributed by atoms with Crippen LogP contribution in [0.4, 0.5) is 0 Å². The van der Waals surface area contributed by atoms with Crippen molar-refractivity contribution >= 4 is 32.7 Å². The fraction of sp³-hybridized carbons (Fsp3) is 0.333. The fourth-order valence-electron chi connectivity index (χ4n) is 3.76. The summed E-state index contributed by atoms with van der Waals surface area (Å²) in [5.41, 5.74) is 1.84. The zero-order valence-corrected chi connectivity index (χ0v) is 17.7. The van der Waals surface area contributed by atoms with Gasteiger partial charge in [-0.05, 0) is 11.6 Å². The number of nitrogens with zero attached hydrogens (tertiary/aromatic N) is 2. The molecular weight excluding hydrogens is 408 g/mol. The second-order valence-electron chi connectivity index (χ2n) is 7.19. The molecule has 0 spiro atoms. The molecule has 2 aliphatic heterocycles. The Morgan fingerprint density at radius 3 is 2.62 bits per heavy atom. The van der Waals surface area contributed by atoms with Gasteiger partial charge in [-0.1, -0.05) is 60.3 Å². The quantitative estimate of drug-likeness (QED) is 0.726. The molecule has 2 aromatic carbocycles. The maximum absolute atomic E-state index is 12.7. The van der Waals surface area contributed by atoms with Gasteiger partial charge in [0, 0.05) is 17.4 Å². The molecule has 4 rings (SSSR count). The maximum atomic E-state index is 12.7. The van der Waals surface area contributed by atoms with Gasteiger partial charge in [0.15, 0.2) is 15.0 Å². The zero-order valence-electron chi connectivity index (χ0n) is 16.0. The first-order chi connectivity index (χ1) is 13.9. The highest BCUT2D eigenvalue weighted by Gasteiger charge is 2.48. The first kappa shape index (κ1) is 20.0. The third-order valence-corrected chi connectivity index (χ3v) is 8.37. The van der Waals surface area contributed by atoms with Crippen molar-refractivity contribution in [1.29, 1.82) is 0 Å². The SMILES string of the molecule is COc1ccccc1CC(=O)N=C1S[C@@H]2CS(=O)(=O)C[C@H]2N1Cc1ccccc1. The fourth-order valence-corrected chi connectivity index (χ4v) is 7.73. The lowest BCUT2D eigenvalue weighted by Gasteiger charge is -2.24. The van der Waals surface area contributed by atoms with E-state index in [1.54, 1.807) is 7.11 Å². The second kappa shape index (κ2) is 8.20. The summed E-state index contributed by atoms with van der Waals surface area (Å²) >= 11 is 1.40. The number of rotatable bonds is 5. The van der Waals surface area contributed by atoms with Crippen molar-refractivity contribution in [2.24, 2.45) is 4.99 Å². The van der Waals surface area contributed by atoms with E-state index in [-0.39, 0.29) is 35.1 Å². The molecule has 2 heterocycles. The van der Waals surface area contributed by atoms with Gasteiger partial charge in [0.1, 0.15) is 5.75 Å². The molecule has 152 valence electrons. The Labute approximate surface area is 174 Å². The smallest absolute Gasteiger partial charge is 0.252 e. The van der Waals surface area contributed by atoms with Crippen LogP contribution in [0, 0.1) is 0 Å². The van der Waals surface area contributed by atoms with E-state index in [1.807, 2.05) is 59.5 Å². The second-order valence-corrected chi connectivity index (χ2v) is 10.6. The van der Waals surface area contributed by atoms with Gasteiger partial charge in [-0.2, -0.15) is 4.99 Å². The normalized spacial score (nSPS) is 23.9. The van der Waals surface area contributed by atoms with Crippen molar-refractivity contribution in [2.75, 3.05) is 18.6 Å². The summed E-state index contributed by atoms with van der Waals surface area (Å²) in [6.07, 6.45) is 0.140. The summed E-state index contributed by atoms with van der Waals surface area (Å²) in [6, 6.07) is 17.1. The Balaban J connectivity index is 1.58. The summed E-state index contributed by atoms with van der Waals surface area (Å²) in [5, 5.41) is 0.528. The van der Waals surface area contributed by atoms with E-state index in [0.29, 0.717) is 17.5 Å². The van der Waals surface area contributed by atoms with Crippen molar-refractivity contribution in [2.45, 2.75) is 24.3 Å². The van der Waals surface area contributed by atoms with Crippen LogP contribution in [0.25, 0.3) is 0 Å². The highest BCUT2D eigenvalue weighted by molar-refractivity contribution is 8.15. The monoisotopic (exact) mass is 430 g/mol. The van der Waals surface area contributed by atoms with Gasteiger partial charge >= 0.3 is 0 Å². The number of ether oxygens (including phenoxy) is 1. The van der Waals surface area contributed by atoms with Crippen molar-refractivity contribution in [3.05, 3.63) is 65.7 Å². The first-order valence-electron chi connectivity index (χ1n) is 9.36.